The van der Waals surface area contributed by atoms with Gasteiger partial charge in [0.1, 0.15) is 16.3 Å². The third kappa shape index (κ3) is 2.56. The maximum Gasteiger partial charge on any atom is 0.341 e. The van der Waals surface area contributed by atoms with Gasteiger partial charge in [-0.1, -0.05) is 0 Å². The minimum absolute atomic E-state index is 0.0770. The first-order valence-electron chi connectivity index (χ1n) is 7.23. The third-order valence-corrected chi connectivity index (χ3v) is 5.13. The van der Waals surface area contributed by atoms with Crippen LogP contribution in [-0.2, 0) is 24.6 Å². The number of aromatic nitrogens is 2. The molecule has 1 aliphatic rings. The molecule has 0 fully saturated rings. The number of hydrogen-bond acceptors (Lipinski definition) is 6. The first kappa shape index (κ1) is 16.2. The standard InChI is InChI=1S/C15H15N3O5S/c1-18-11(8(6-16-18)14(20)21)12(19)17-13-10(15(22)23-2)7-4-3-5-9(7)24-13/h6H,3-5H2,1-2H3,(H,17,19)(H,20,21). The fourth-order valence-corrected chi connectivity index (χ4v) is 4.11. The SMILES string of the molecule is COC(=O)c1c(NC(=O)c2c(C(=O)O)cnn2C)sc2c1CCC2. The molecular formula is C15H15N3O5S. The van der Waals surface area contributed by atoms with Gasteiger partial charge in [0.15, 0.2) is 0 Å². The van der Waals surface area contributed by atoms with Crippen LogP contribution in [0, 0.1) is 0 Å². The normalized spacial score (nSPS) is 12.8. The van der Waals surface area contributed by atoms with Crippen LogP contribution in [0.1, 0.15) is 48.1 Å². The number of carbonyl (C=O) groups excluding carboxylic acids is 2. The summed E-state index contributed by atoms with van der Waals surface area (Å²) < 4.78 is 6.02. The van der Waals surface area contributed by atoms with Crippen LogP contribution in [-0.4, -0.2) is 39.8 Å². The molecule has 2 heterocycles. The van der Waals surface area contributed by atoms with Crippen LogP contribution in [0.2, 0.25) is 0 Å². The van der Waals surface area contributed by atoms with E-state index in [2.05, 4.69) is 10.4 Å². The van der Waals surface area contributed by atoms with E-state index in [9.17, 15) is 14.4 Å². The molecule has 1 aliphatic carbocycles. The van der Waals surface area contributed by atoms with Crippen molar-refractivity contribution in [3.05, 3.63) is 33.5 Å². The van der Waals surface area contributed by atoms with Crippen LogP contribution in [0.25, 0.3) is 0 Å². The molecule has 0 aromatic carbocycles. The quantitative estimate of drug-likeness (QED) is 0.813. The molecule has 9 heteroatoms. The zero-order chi connectivity index (χ0) is 17.4. The Labute approximate surface area is 141 Å². The molecule has 0 unspecified atom stereocenters. The number of methoxy groups -OCH3 is 1. The van der Waals surface area contributed by atoms with Crippen LogP contribution >= 0.6 is 11.3 Å². The number of ether oxygens (including phenoxy) is 1. The number of anilines is 1. The second-order valence-electron chi connectivity index (χ2n) is 5.34. The molecule has 0 radical (unpaired) electrons. The molecule has 0 saturated carbocycles. The fraction of sp³-hybridized carbons (Fsp3) is 0.333. The minimum Gasteiger partial charge on any atom is -0.478 e. The Kier molecular flexibility index (Phi) is 4.10. The van der Waals surface area contributed by atoms with E-state index in [1.807, 2.05) is 0 Å². The van der Waals surface area contributed by atoms with E-state index in [0.29, 0.717) is 10.6 Å². The maximum atomic E-state index is 12.5. The summed E-state index contributed by atoms with van der Waals surface area (Å²) in [6.45, 7) is 0. The number of hydrogen-bond donors (Lipinski definition) is 2. The molecule has 2 N–H and O–H groups in total. The summed E-state index contributed by atoms with van der Waals surface area (Å²) in [4.78, 5) is 36.9. The Morgan fingerprint density at radius 3 is 2.79 bits per heavy atom. The number of nitrogens with one attached hydrogen (secondary N) is 1. The molecule has 2 aromatic rings. The van der Waals surface area contributed by atoms with Crippen molar-refractivity contribution in [2.24, 2.45) is 7.05 Å². The molecule has 3 rings (SSSR count). The topological polar surface area (TPSA) is 111 Å². The highest BCUT2D eigenvalue weighted by Gasteiger charge is 2.29. The van der Waals surface area contributed by atoms with E-state index in [1.165, 1.54) is 30.2 Å². The number of carbonyl (C=O) groups is 3. The average molecular weight is 349 g/mol. The minimum atomic E-state index is -1.24. The van der Waals surface area contributed by atoms with Crippen molar-refractivity contribution in [2.45, 2.75) is 19.3 Å². The van der Waals surface area contributed by atoms with Crippen LogP contribution in [0.4, 0.5) is 5.00 Å². The van der Waals surface area contributed by atoms with Crippen LogP contribution in [0.3, 0.4) is 0 Å². The van der Waals surface area contributed by atoms with Gasteiger partial charge < -0.3 is 15.2 Å². The predicted octanol–water partition coefficient (Wildman–Crippen LogP) is 1.71. The van der Waals surface area contributed by atoms with Crippen molar-refractivity contribution in [1.82, 2.24) is 9.78 Å². The van der Waals surface area contributed by atoms with Crippen LogP contribution in [0.5, 0.6) is 0 Å². The Morgan fingerprint density at radius 2 is 2.12 bits per heavy atom. The summed E-state index contributed by atoms with van der Waals surface area (Å²) in [6.07, 6.45) is 3.70. The molecular weight excluding hydrogens is 334 g/mol. The number of carboxylic acids is 1. The Bertz CT molecular complexity index is 852. The van der Waals surface area contributed by atoms with E-state index in [1.54, 1.807) is 0 Å². The smallest absolute Gasteiger partial charge is 0.341 e. The van der Waals surface area contributed by atoms with E-state index in [4.69, 9.17) is 9.84 Å². The molecule has 126 valence electrons. The summed E-state index contributed by atoms with van der Waals surface area (Å²) in [5, 5.41) is 16.0. The van der Waals surface area contributed by atoms with Crippen molar-refractivity contribution in [2.75, 3.05) is 12.4 Å². The molecule has 1 amide bonds. The average Bonchev–Trinajstić information content (AvgIpc) is 3.20. The number of fused-ring (bicyclic) bond motifs is 1. The van der Waals surface area contributed by atoms with Gasteiger partial charge >= 0.3 is 11.9 Å². The number of nitrogens with zero attached hydrogens (tertiary/aromatic N) is 2. The number of esters is 1. The number of carboxylic acid groups (broad SMARTS) is 1. The molecule has 24 heavy (non-hydrogen) atoms. The van der Waals surface area contributed by atoms with Gasteiger partial charge in [-0.3, -0.25) is 9.48 Å². The van der Waals surface area contributed by atoms with Gasteiger partial charge in [-0.2, -0.15) is 5.10 Å². The molecule has 0 bridgehead atoms. The first-order chi connectivity index (χ1) is 11.4. The largest absolute Gasteiger partial charge is 0.478 e. The van der Waals surface area contributed by atoms with E-state index < -0.39 is 17.8 Å². The van der Waals surface area contributed by atoms with Gasteiger partial charge in [-0.25, -0.2) is 9.59 Å². The summed E-state index contributed by atoms with van der Waals surface area (Å²) >= 11 is 1.33. The lowest BCUT2D eigenvalue weighted by molar-refractivity contribution is 0.0600. The van der Waals surface area contributed by atoms with E-state index >= 15 is 0 Å². The van der Waals surface area contributed by atoms with Gasteiger partial charge in [0.05, 0.1) is 18.9 Å². The van der Waals surface area contributed by atoms with Gasteiger partial charge in [-0.05, 0) is 24.8 Å². The van der Waals surface area contributed by atoms with Gasteiger partial charge in [0.2, 0.25) is 0 Å². The van der Waals surface area contributed by atoms with Crippen LogP contribution in [0.15, 0.2) is 6.20 Å². The van der Waals surface area contributed by atoms with Gasteiger partial charge in [0.25, 0.3) is 5.91 Å². The lowest BCUT2D eigenvalue weighted by atomic mass is 10.1. The summed E-state index contributed by atoms with van der Waals surface area (Å²) in [5.74, 6) is -2.37. The highest BCUT2D eigenvalue weighted by atomic mass is 32.1. The number of rotatable bonds is 4. The lowest BCUT2D eigenvalue weighted by Gasteiger charge is -2.08. The van der Waals surface area contributed by atoms with E-state index in [-0.39, 0.29) is 11.3 Å². The van der Waals surface area contributed by atoms with Crippen molar-refractivity contribution >= 4 is 34.2 Å². The lowest BCUT2D eigenvalue weighted by Crippen LogP contribution is -2.20. The van der Waals surface area contributed by atoms with E-state index in [0.717, 1.165) is 35.9 Å². The van der Waals surface area contributed by atoms with Crippen molar-refractivity contribution in [3.63, 3.8) is 0 Å². The summed E-state index contributed by atoms with van der Waals surface area (Å²) in [7, 11) is 2.77. The second-order valence-corrected chi connectivity index (χ2v) is 6.45. The van der Waals surface area contributed by atoms with Crippen LogP contribution < -0.4 is 5.32 Å². The molecule has 0 saturated heterocycles. The third-order valence-electron chi connectivity index (χ3n) is 3.92. The first-order valence-corrected chi connectivity index (χ1v) is 8.05. The Morgan fingerprint density at radius 1 is 1.38 bits per heavy atom. The zero-order valence-corrected chi connectivity index (χ0v) is 13.9. The Hall–Kier alpha value is -2.68. The number of amides is 1. The summed E-state index contributed by atoms with van der Waals surface area (Å²) in [5.41, 5.74) is 0.999. The number of aromatic carboxylic acids is 1. The van der Waals surface area contributed by atoms with Crippen molar-refractivity contribution in [1.29, 1.82) is 0 Å². The van der Waals surface area contributed by atoms with Gasteiger partial charge in [0, 0.05) is 11.9 Å². The second kappa shape index (κ2) is 6.08. The maximum absolute atomic E-state index is 12.5. The molecule has 2 aromatic heterocycles. The van der Waals surface area contributed by atoms with Crippen molar-refractivity contribution < 1.29 is 24.2 Å². The number of aryl methyl sites for hydroxylation is 2. The molecule has 8 nitrogen and oxygen atoms in total. The molecule has 0 atom stereocenters. The number of thiophene rings is 1. The molecule has 0 aliphatic heterocycles. The summed E-state index contributed by atoms with van der Waals surface area (Å²) in [6, 6.07) is 0. The highest BCUT2D eigenvalue weighted by molar-refractivity contribution is 7.17. The van der Waals surface area contributed by atoms with Crippen molar-refractivity contribution in [3.8, 4) is 0 Å². The monoisotopic (exact) mass is 349 g/mol. The van der Waals surface area contributed by atoms with Gasteiger partial charge in [-0.15, -0.1) is 11.3 Å². The Balaban J connectivity index is 1.98. The fourth-order valence-electron chi connectivity index (χ4n) is 2.84. The highest BCUT2D eigenvalue weighted by Crippen LogP contribution is 2.39. The molecule has 0 spiro atoms. The predicted molar refractivity (Wildman–Crippen MR) is 85.8 cm³/mol. The zero-order valence-electron chi connectivity index (χ0n) is 13.1.